The number of rotatable bonds is 6. The minimum Gasteiger partial charge on any atom is -0.493 e. The van der Waals surface area contributed by atoms with Crippen molar-refractivity contribution >= 4 is 29.9 Å². The number of aliphatic imine (C=N–C) groups is 1. The molecule has 0 saturated carbocycles. The summed E-state index contributed by atoms with van der Waals surface area (Å²) in [6, 6.07) is 12.2. The number of halogens is 2. The molecule has 136 valence electrons. The highest BCUT2D eigenvalue weighted by molar-refractivity contribution is 14.0. The maximum atomic E-state index is 13.2. The normalized spacial score (nSPS) is 10.6. The highest BCUT2D eigenvalue weighted by Gasteiger charge is 2.09. The first-order valence-corrected chi connectivity index (χ1v) is 7.56. The van der Waals surface area contributed by atoms with Crippen LogP contribution in [0.4, 0.5) is 4.39 Å². The molecule has 0 radical (unpaired) electrons. The maximum absolute atomic E-state index is 13.2. The summed E-state index contributed by atoms with van der Waals surface area (Å²) in [5, 5.41) is 6.36. The van der Waals surface area contributed by atoms with Crippen molar-refractivity contribution in [2.75, 3.05) is 21.3 Å². The van der Waals surface area contributed by atoms with Crippen LogP contribution in [0, 0.1) is 5.82 Å². The van der Waals surface area contributed by atoms with Crippen LogP contribution < -0.4 is 20.1 Å². The highest BCUT2D eigenvalue weighted by atomic mass is 127. The second-order valence-electron chi connectivity index (χ2n) is 5.06. The van der Waals surface area contributed by atoms with Crippen molar-refractivity contribution in [3.8, 4) is 11.5 Å². The Kier molecular flexibility index (Phi) is 9.04. The monoisotopic (exact) mass is 459 g/mol. The lowest BCUT2D eigenvalue weighted by molar-refractivity contribution is 0.351. The largest absolute Gasteiger partial charge is 0.493 e. The maximum Gasteiger partial charge on any atom is 0.191 e. The van der Waals surface area contributed by atoms with Crippen LogP contribution >= 0.6 is 24.0 Å². The number of hydrogen-bond acceptors (Lipinski definition) is 3. The zero-order chi connectivity index (χ0) is 17.4. The third-order valence-electron chi connectivity index (χ3n) is 3.50. The molecule has 5 nitrogen and oxygen atoms in total. The Hall–Kier alpha value is -2.03. The van der Waals surface area contributed by atoms with E-state index in [0.29, 0.717) is 30.5 Å². The molecule has 7 heteroatoms. The average Bonchev–Trinajstić information content (AvgIpc) is 2.61. The SMILES string of the molecule is CN=C(NCc1cccc(F)c1)NCc1cccc(OC)c1OC.I. The zero-order valence-electron chi connectivity index (χ0n) is 14.5. The molecule has 0 aromatic heterocycles. The van der Waals surface area contributed by atoms with Crippen molar-refractivity contribution in [3.05, 3.63) is 59.4 Å². The fraction of sp³-hybridized carbons (Fsp3) is 0.278. The van der Waals surface area contributed by atoms with Gasteiger partial charge in [-0.2, -0.15) is 0 Å². The molecule has 2 rings (SSSR count). The van der Waals surface area contributed by atoms with Gasteiger partial charge in [-0.15, -0.1) is 24.0 Å². The quantitative estimate of drug-likeness (QED) is 0.396. The van der Waals surface area contributed by atoms with Gasteiger partial charge in [0, 0.05) is 25.7 Å². The van der Waals surface area contributed by atoms with Crippen LogP contribution in [0.3, 0.4) is 0 Å². The third-order valence-corrected chi connectivity index (χ3v) is 3.50. The summed E-state index contributed by atoms with van der Waals surface area (Å²) in [7, 11) is 4.90. The van der Waals surface area contributed by atoms with Crippen LogP contribution in [0.25, 0.3) is 0 Å². The van der Waals surface area contributed by atoms with Gasteiger partial charge >= 0.3 is 0 Å². The van der Waals surface area contributed by atoms with Gasteiger partial charge in [0.2, 0.25) is 0 Å². The molecule has 25 heavy (non-hydrogen) atoms. The summed E-state index contributed by atoms with van der Waals surface area (Å²) in [4.78, 5) is 4.17. The molecule has 0 aliphatic carbocycles. The molecule has 0 aliphatic rings. The van der Waals surface area contributed by atoms with Gasteiger partial charge in [-0.3, -0.25) is 4.99 Å². The lowest BCUT2D eigenvalue weighted by atomic mass is 10.2. The number of para-hydroxylation sites is 1. The molecule has 2 N–H and O–H groups in total. The first-order chi connectivity index (χ1) is 11.7. The zero-order valence-corrected chi connectivity index (χ0v) is 16.8. The third kappa shape index (κ3) is 6.08. The molecule has 0 spiro atoms. The summed E-state index contributed by atoms with van der Waals surface area (Å²) < 4.78 is 23.9. The van der Waals surface area contributed by atoms with E-state index in [0.717, 1.165) is 11.1 Å². The van der Waals surface area contributed by atoms with Crippen molar-refractivity contribution < 1.29 is 13.9 Å². The summed E-state index contributed by atoms with van der Waals surface area (Å²) in [6.07, 6.45) is 0. The Morgan fingerprint density at radius 3 is 2.40 bits per heavy atom. The van der Waals surface area contributed by atoms with Crippen molar-refractivity contribution in [3.63, 3.8) is 0 Å². The predicted octanol–water partition coefficient (Wildman–Crippen LogP) is 3.33. The van der Waals surface area contributed by atoms with Crippen molar-refractivity contribution in [2.45, 2.75) is 13.1 Å². The van der Waals surface area contributed by atoms with Crippen LogP contribution in [0.1, 0.15) is 11.1 Å². The molecule has 0 fully saturated rings. The Labute approximate surface area is 164 Å². The molecular weight excluding hydrogens is 436 g/mol. The van der Waals surface area contributed by atoms with Gasteiger partial charge in [0.15, 0.2) is 17.5 Å². The van der Waals surface area contributed by atoms with Crippen molar-refractivity contribution in [1.29, 1.82) is 0 Å². The van der Waals surface area contributed by atoms with E-state index in [1.807, 2.05) is 24.3 Å². The van der Waals surface area contributed by atoms with Crippen LogP contribution in [-0.2, 0) is 13.1 Å². The summed E-state index contributed by atoms with van der Waals surface area (Å²) in [5.74, 6) is 1.73. The standard InChI is InChI=1S/C18H22FN3O2.HI/c1-20-18(21-11-13-6-4-8-15(19)10-13)22-12-14-7-5-9-16(23-2)17(14)24-3;/h4-10H,11-12H2,1-3H3,(H2,20,21,22);1H. The second-order valence-corrected chi connectivity index (χ2v) is 5.06. The van der Waals surface area contributed by atoms with E-state index in [1.165, 1.54) is 12.1 Å². The van der Waals surface area contributed by atoms with Gasteiger partial charge in [0.25, 0.3) is 0 Å². The lowest BCUT2D eigenvalue weighted by Gasteiger charge is -2.15. The summed E-state index contributed by atoms with van der Waals surface area (Å²) in [5.41, 5.74) is 1.79. The smallest absolute Gasteiger partial charge is 0.191 e. The topological polar surface area (TPSA) is 54.9 Å². The van der Waals surface area contributed by atoms with Crippen molar-refractivity contribution in [2.24, 2.45) is 4.99 Å². The van der Waals surface area contributed by atoms with Gasteiger partial charge in [-0.25, -0.2) is 4.39 Å². The lowest BCUT2D eigenvalue weighted by Crippen LogP contribution is -2.36. The van der Waals surface area contributed by atoms with Crippen LogP contribution in [0.2, 0.25) is 0 Å². The molecule has 0 unspecified atom stereocenters. The molecule has 0 amide bonds. The van der Waals surface area contributed by atoms with Gasteiger partial charge in [-0.1, -0.05) is 24.3 Å². The predicted molar refractivity (Wildman–Crippen MR) is 108 cm³/mol. The van der Waals surface area contributed by atoms with E-state index in [1.54, 1.807) is 27.3 Å². The number of hydrogen-bond donors (Lipinski definition) is 2. The van der Waals surface area contributed by atoms with E-state index in [2.05, 4.69) is 15.6 Å². The minimum absolute atomic E-state index is 0. The van der Waals surface area contributed by atoms with Gasteiger partial charge in [-0.05, 0) is 23.8 Å². The van der Waals surface area contributed by atoms with Gasteiger partial charge in [0.05, 0.1) is 14.2 Å². The number of guanidine groups is 1. The average molecular weight is 459 g/mol. The van der Waals surface area contributed by atoms with E-state index >= 15 is 0 Å². The van der Waals surface area contributed by atoms with E-state index < -0.39 is 0 Å². The Morgan fingerprint density at radius 1 is 1.04 bits per heavy atom. The Balaban J connectivity index is 0.00000312. The van der Waals surface area contributed by atoms with Crippen LogP contribution in [0.15, 0.2) is 47.5 Å². The Bertz CT molecular complexity index is 710. The Morgan fingerprint density at radius 2 is 1.76 bits per heavy atom. The number of ether oxygens (including phenoxy) is 2. The molecule has 2 aromatic rings. The van der Waals surface area contributed by atoms with Gasteiger partial charge in [0.1, 0.15) is 5.82 Å². The number of nitrogens with one attached hydrogen (secondary N) is 2. The first-order valence-electron chi connectivity index (χ1n) is 7.56. The summed E-state index contributed by atoms with van der Waals surface area (Å²) in [6.45, 7) is 0.996. The highest BCUT2D eigenvalue weighted by Crippen LogP contribution is 2.30. The fourth-order valence-electron chi connectivity index (χ4n) is 2.33. The first kappa shape index (κ1) is 21.0. The molecule has 0 bridgehead atoms. The van der Waals surface area contributed by atoms with Crippen LogP contribution in [-0.4, -0.2) is 27.2 Å². The molecule has 2 aromatic carbocycles. The van der Waals surface area contributed by atoms with Crippen LogP contribution in [0.5, 0.6) is 11.5 Å². The number of nitrogens with zero attached hydrogens (tertiary/aromatic N) is 1. The molecule has 0 aliphatic heterocycles. The molecule has 0 saturated heterocycles. The molecular formula is C18H23FIN3O2. The molecule has 0 atom stereocenters. The summed E-state index contributed by atoms with van der Waals surface area (Å²) >= 11 is 0. The van der Waals surface area contributed by atoms with E-state index in [4.69, 9.17) is 9.47 Å². The fourth-order valence-corrected chi connectivity index (χ4v) is 2.33. The minimum atomic E-state index is -0.252. The number of methoxy groups -OCH3 is 2. The van der Waals surface area contributed by atoms with Crippen molar-refractivity contribution in [1.82, 2.24) is 10.6 Å². The number of benzene rings is 2. The van der Waals surface area contributed by atoms with Gasteiger partial charge < -0.3 is 20.1 Å². The van der Waals surface area contributed by atoms with E-state index in [-0.39, 0.29) is 29.8 Å². The second kappa shape index (κ2) is 10.8. The van der Waals surface area contributed by atoms with E-state index in [9.17, 15) is 4.39 Å². The molecule has 0 heterocycles.